The molecule has 21 heavy (non-hydrogen) atoms. The molecular weight excluding hydrogens is 275 g/mol. The molecular formula is C15H21FN2O3. The standard InChI is InChI=1S/C15H21FN2O3/c16-13-3-1-2-4-14(13)21-12-5-15(20)18-8-6-17(7-9-18)10-11-19/h1-4,19H,5-12H2. The van der Waals surface area contributed by atoms with Crippen LogP contribution >= 0.6 is 0 Å². The van der Waals surface area contributed by atoms with E-state index in [1.807, 2.05) is 0 Å². The van der Waals surface area contributed by atoms with Gasteiger partial charge in [0.2, 0.25) is 5.91 Å². The lowest BCUT2D eigenvalue weighted by molar-refractivity contribution is -0.133. The molecule has 5 nitrogen and oxygen atoms in total. The summed E-state index contributed by atoms with van der Waals surface area (Å²) in [6.07, 6.45) is 0.244. The fourth-order valence-corrected chi connectivity index (χ4v) is 2.33. The molecule has 0 atom stereocenters. The first-order chi connectivity index (χ1) is 10.2. The van der Waals surface area contributed by atoms with Crippen molar-refractivity contribution in [1.82, 2.24) is 9.80 Å². The van der Waals surface area contributed by atoms with Crippen LogP contribution in [0.5, 0.6) is 5.75 Å². The highest BCUT2D eigenvalue weighted by Gasteiger charge is 2.20. The Labute approximate surface area is 123 Å². The van der Waals surface area contributed by atoms with E-state index in [0.717, 1.165) is 13.1 Å². The average molecular weight is 296 g/mol. The van der Waals surface area contributed by atoms with Crippen molar-refractivity contribution in [2.24, 2.45) is 0 Å². The van der Waals surface area contributed by atoms with E-state index >= 15 is 0 Å². The molecule has 0 aliphatic carbocycles. The maximum absolute atomic E-state index is 13.3. The topological polar surface area (TPSA) is 53.0 Å². The summed E-state index contributed by atoms with van der Waals surface area (Å²) < 4.78 is 18.6. The highest BCUT2D eigenvalue weighted by atomic mass is 19.1. The summed E-state index contributed by atoms with van der Waals surface area (Å²) in [6.45, 7) is 3.86. The van der Waals surface area contributed by atoms with E-state index in [9.17, 15) is 9.18 Å². The van der Waals surface area contributed by atoms with E-state index < -0.39 is 5.82 Å². The van der Waals surface area contributed by atoms with E-state index in [0.29, 0.717) is 19.6 Å². The van der Waals surface area contributed by atoms with Crippen LogP contribution in [0.1, 0.15) is 6.42 Å². The highest BCUT2D eigenvalue weighted by molar-refractivity contribution is 5.76. The molecule has 0 radical (unpaired) electrons. The highest BCUT2D eigenvalue weighted by Crippen LogP contribution is 2.15. The van der Waals surface area contributed by atoms with Gasteiger partial charge < -0.3 is 14.7 Å². The van der Waals surface area contributed by atoms with Crippen LogP contribution in [0, 0.1) is 5.82 Å². The Morgan fingerprint density at radius 3 is 2.62 bits per heavy atom. The number of hydrogen-bond donors (Lipinski definition) is 1. The molecule has 1 fully saturated rings. The third kappa shape index (κ3) is 4.68. The zero-order valence-electron chi connectivity index (χ0n) is 12.0. The molecule has 1 N–H and O–H groups in total. The van der Waals surface area contributed by atoms with Gasteiger partial charge in [-0.3, -0.25) is 9.69 Å². The Morgan fingerprint density at radius 1 is 1.24 bits per heavy atom. The summed E-state index contributed by atoms with van der Waals surface area (Å²) in [4.78, 5) is 15.9. The fourth-order valence-electron chi connectivity index (χ4n) is 2.33. The van der Waals surface area contributed by atoms with Gasteiger partial charge in [-0.25, -0.2) is 4.39 Å². The predicted molar refractivity (Wildman–Crippen MR) is 76.6 cm³/mol. The lowest BCUT2D eigenvalue weighted by atomic mass is 10.3. The Bertz CT molecular complexity index is 462. The number of β-amino-alcohol motifs (C(OH)–C–C–N with tert-alkyl or cyclic N) is 1. The van der Waals surface area contributed by atoms with Gasteiger partial charge in [-0.2, -0.15) is 0 Å². The molecule has 6 heteroatoms. The van der Waals surface area contributed by atoms with Gasteiger partial charge in [0.1, 0.15) is 0 Å². The molecule has 0 bridgehead atoms. The lowest BCUT2D eigenvalue weighted by Crippen LogP contribution is -2.49. The predicted octanol–water partition coefficient (Wildman–Crippen LogP) is 0.731. The fraction of sp³-hybridized carbons (Fsp3) is 0.533. The number of carbonyl (C=O) groups is 1. The maximum atomic E-state index is 13.3. The van der Waals surface area contributed by atoms with Crippen LogP contribution in [0.15, 0.2) is 24.3 Å². The van der Waals surface area contributed by atoms with Crippen molar-refractivity contribution < 1.29 is 19.0 Å². The second-order valence-electron chi connectivity index (χ2n) is 4.97. The first kappa shape index (κ1) is 15.7. The van der Waals surface area contributed by atoms with Crippen LogP contribution in [0.2, 0.25) is 0 Å². The number of aliphatic hydroxyl groups is 1. The van der Waals surface area contributed by atoms with Crippen molar-refractivity contribution in [2.45, 2.75) is 6.42 Å². The molecule has 1 saturated heterocycles. The second-order valence-corrected chi connectivity index (χ2v) is 4.97. The number of rotatable bonds is 6. The number of nitrogens with zero attached hydrogens (tertiary/aromatic N) is 2. The number of ether oxygens (including phenoxy) is 1. The molecule has 1 aliphatic rings. The third-order valence-electron chi connectivity index (χ3n) is 3.55. The monoisotopic (exact) mass is 296 g/mol. The molecule has 1 amide bonds. The number of para-hydroxylation sites is 1. The molecule has 0 saturated carbocycles. The van der Waals surface area contributed by atoms with Gasteiger partial charge in [0.15, 0.2) is 11.6 Å². The Morgan fingerprint density at radius 2 is 1.95 bits per heavy atom. The molecule has 1 heterocycles. The molecule has 0 aromatic heterocycles. The summed E-state index contributed by atoms with van der Waals surface area (Å²) in [5.74, 6) is -0.212. The van der Waals surface area contributed by atoms with Gasteiger partial charge in [-0.05, 0) is 12.1 Å². The van der Waals surface area contributed by atoms with Crippen molar-refractivity contribution in [2.75, 3.05) is 45.9 Å². The van der Waals surface area contributed by atoms with Crippen molar-refractivity contribution in [1.29, 1.82) is 0 Å². The van der Waals surface area contributed by atoms with Crippen LogP contribution in [-0.4, -0.2) is 66.8 Å². The van der Waals surface area contributed by atoms with Crippen LogP contribution in [0.3, 0.4) is 0 Å². The van der Waals surface area contributed by atoms with Gasteiger partial charge in [-0.1, -0.05) is 12.1 Å². The summed E-state index contributed by atoms with van der Waals surface area (Å²) in [5.41, 5.74) is 0. The van der Waals surface area contributed by atoms with Crippen molar-refractivity contribution >= 4 is 5.91 Å². The lowest BCUT2D eigenvalue weighted by Gasteiger charge is -2.34. The minimum Gasteiger partial charge on any atom is -0.490 e. The van der Waals surface area contributed by atoms with Gasteiger partial charge in [-0.15, -0.1) is 0 Å². The molecule has 0 spiro atoms. The minimum absolute atomic E-state index is 0.0231. The first-order valence-corrected chi connectivity index (χ1v) is 7.19. The van der Waals surface area contributed by atoms with Crippen LogP contribution in [0.4, 0.5) is 4.39 Å². The zero-order chi connectivity index (χ0) is 15.1. The first-order valence-electron chi connectivity index (χ1n) is 7.19. The van der Waals surface area contributed by atoms with Crippen LogP contribution < -0.4 is 4.74 Å². The van der Waals surface area contributed by atoms with E-state index in [1.54, 1.807) is 23.1 Å². The number of benzene rings is 1. The third-order valence-corrected chi connectivity index (χ3v) is 3.55. The van der Waals surface area contributed by atoms with Crippen molar-refractivity contribution in [3.8, 4) is 5.75 Å². The molecule has 1 aromatic carbocycles. The normalized spacial score (nSPS) is 16.0. The molecule has 1 aromatic rings. The number of hydrogen-bond acceptors (Lipinski definition) is 4. The summed E-state index contributed by atoms with van der Waals surface area (Å²) >= 11 is 0. The largest absolute Gasteiger partial charge is 0.490 e. The van der Waals surface area contributed by atoms with Gasteiger partial charge in [0.25, 0.3) is 0 Å². The smallest absolute Gasteiger partial charge is 0.226 e. The van der Waals surface area contributed by atoms with Gasteiger partial charge in [0, 0.05) is 32.7 Å². The molecule has 2 rings (SSSR count). The zero-order valence-corrected chi connectivity index (χ0v) is 12.0. The molecule has 116 valence electrons. The Kier molecular flexibility index (Phi) is 5.95. The van der Waals surface area contributed by atoms with E-state index in [1.165, 1.54) is 6.07 Å². The second kappa shape index (κ2) is 7.95. The number of piperazine rings is 1. The van der Waals surface area contributed by atoms with Gasteiger partial charge >= 0.3 is 0 Å². The molecule has 0 unspecified atom stereocenters. The van der Waals surface area contributed by atoms with Crippen LogP contribution in [-0.2, 0) is 4.79 Å². The van der Waals surface area contributed by atoms with E-state index in [-0.39, 0.29) is 31.3 Å². The summed E-state index contributed by atoms with van der Waals surface area (Å²) in [5, 5.41) is 8.87. The Hall–Kier alpha value is -1.66. The van der Waals surface area contributed by atoms with Crippen molar-refractivity contribution in [3.05, 3.63) is 30.1 Å². The number of aliphatic hydroxyl groups excluding tert-OH is 1. The average Bonchev–Trinajstić information content (AvgIpc) is 2.50. The van der Waals surface area contributed by atoms with Gasteiger partial charge in [0.05, 0.1) is 19.6 Å². The summed E-state index contributed by atoms with van der Waals surface area (Å²) in [7, 11) is 0. The van der Waals surface area contributed by atoms with Crippen LogP contribution in [0.25, 0.3) is 0 Å². The minimum atomic E-state index is -0.414. The number of amides is 1. The summed E-state index contributed by atoms with van der Waals surface area (Å²) in [6, 6.07) is 6.17. The van der Waals surface area contributed by atoms with E-state index in [2.05, 4.69) is 4.90 Å². The van der Waals surface area contributed by atoms with Crippen molar-refractivity contribution in [3.63, 3.8) is 0 Å². The molecule has 1 aliphatic heterocycles. The maximum Gasteiger partial charge on any atom is 0.226 e. The number of halogens is 1. The quantitative estimate of drug-likeness (QED) is 0.841. The Balaban J connectivity index is 1.70. The number of carbonyl (C=O) groups excluding carboxylic acids is 1. The van der Waals surface area contributed by atoms with E-state index in [4.69, 9.17) is 9.84 Å². The SMILES string of the molecule is O=C(CCOc1ccccc1F)N1CCN(CCO)CC1.